The minimum absolute atomic E-state index is 0.109. The van der Waals surface area contributed by atoms with Crippen molar-refractivity contribution in [1.29, 1.82) is 0 Å². The summed E-state index contributed by atoms with van der Waals surface area (Å²) in [7, 11) is 3.32. The first-order valence-corrected chi connectivity index (χ1v) is 12.1. The SMILES string of the molecule is COc1ccc(C(NCC(=O)N2CCC3(CC2)OCc2ccccc23)c2ccc(OC)cc2)cc1. The third kappa shape index (κ3) is 4.77. The number of likely N-dealkylation sites (tertiary alicyclic amines) is 1. The highest BCUT2D eigenvalue weighted by atomic mass is 16.5. The Morgan fingerprint density at radius 3 is 2.06 bits per heavy atom. The number of carbonyl (C=O) groups excluding carboxylic acids is 1. The summed E-state index contributed by atoms with van der Waals surface area (Å²) >= 11 is 0. The second-order valence-electron chi connectivity index (χ2n) is 9.18. The smallest absolute Gasteiger partial charge is 0.236 e. The van der Waals surface area contributed by atoms with Crippen LogP contribution in [0.1, 0.15) is 41.1 Å². The maximum Gasteiger partial charge on any atom is 0.236 e. The first-order valence-electron chi connectivity index (χ1n) is 12.1. The topological polar surface area (TPSA) is 60.0 Å². The highest BCUT2D eigenvalue weighted by molar-refractivity contribution is 5.78. The fraction of sp³-hybridized carbons (Fsp3) is 0.345. The highest BCUT2D eigenvalue weighted by Gasteiger charge is 2.43. The third-order valence-electron chi connectivity index (χ3n) is 7.29. The molecular weight excluding hydrogens is 440 g/mol. The normalized spacial score (nSPS) is 16.4. The summed E-state index contributed by atoms with van der Waals surface area (Å²) in [5.74, 6) is 1.71. The van der Waals surface area contributed by atoms with Gasteiger partial charge in [-0.15, -0.1) is 0 Å². The summed E-state index contributed by atoms with van der Waals surface area (Å²) in [6, 6.07) is 24.2. The molecule has 0 bridgehead atoms. The maximum atomic E-state index is 13.2. The molecule has 1 N–H and O–H groups in total. The predicted molar refractivity (Wildman–Crippen MR) is 135 cm³/mol. The van der Waals surface area contributed by atoms with Crippen LogP contribution in [0.2, 0.25) is 0 Å². The summed E-state index contributed by atoms with van der Waals surface area (Å²) < 4.78 is 16.9. The molecule has 0 unspecified atom stereocenters. The van der Waals surface area contributed by atoms with Crippen molar-refractivity contribution in [2.45, 2.75) is 31.1 Å². The van der Waals surface area contributed by atoms with E-state index in [2.05, 4.69) is 29.6 Å². The lowest BCUT2D eigenvalue weighted by atomic mass is 9.84. The number of piperidine rings is 1. The van der Waals surface area contributed by atoms with Crippen molar-refractivity contribution in [3.05, 3.63) is 95.1 Å². The molecule has 1 amide bonds. The molecule has 0 radical (unpaired) electrons. The zero-order chi connectivity index (χ0) is 24.3. The van der Waals surface area contributed by atoms with Crippen molar-refractivity contribution in [1.82, 2.24) is 10.2 Å². The van der Waals surface area contributed by atoms with E-state index in [-0.39, 0.29) is 24.1 Å². The van der Waals surface area contributed by atoms with Crippen LogP contribution in [0, 0.1) is 0 Å². The molecule has 2 aliphatic heterocycles. The van der Waals surface area contributed by atoms with Gasteiger partial charge in [0.25, 0.3) is 0 Å². The Morgan fingerprint density at radius 2 is 1.49 bits per heavy atom. The van der Waals surface area contributed by atoms with Crippen molar-refractivity contribution in [3.8, 4) is 11.5 Å². The minimum Gasteiger partial charge on any atom is -0.497 e. The first-order chi connectivity index (χ1) is 17.1. The van der Waals surface area contributed by atoms with Crippen molar-refractivity contribution in [2.75, 3.05) is 33.9 Å². The minimum atomic E-state index is -0.241. The molecule has 0 atom stereocenters. The van der Waals surface area contributed by atoms with E-state index >= 15 is 0 Å². The average Bonchev–Trinajstić information content (AvgIpc) is 3.27. The molecule has 3 aromatic rings. The Labute approximate surface area is 206 Å². The fourth-order valence-corrected chi connectivity index (χ4v) is 5.24. The Kier molecular flexibility index (Phi) is 6.75. The number of ether oxygens (including phenoxy) is 3. The Bertz CT molecular complexity index is 1100. The molecule has 0 aliphatic carbocycles. The molecule has 1 spiro atoms. The van der Waals surface area contributed by atoms with Crippen LogP contribution in [0.3, 0.4) is 0 Å². The van der Waals surface area contributed by atoms with Gasteiger partial charge in [-0.05, 0) is 59.4 Å². The van der Waals surface area contributed by atoms with Crippen LogP contribution in [-0.2, 0) is 21.7 Å². The average molecular weight is 473 g/mol. The van der Waals surface area contributed by atoms with Gasteiger partial charge in [0, 0.05) is 13.1 Å². The molecule has 0 saturated carbocycles. The van der Waals surface area contributed by atoms with Crippen LogP contribution in [0.5, 0.6) is 11.5 Å². The van der Waals surface area contributed by atoms with Gasteiger partial charge in [-0.25, -0.2) is 0 Å². The lowest BCUT2D eigenvalue weighted by Gasteiger charge is -2.39. The molecule has 5 rings (SSSR count). The van der Waals surface area contributed by atoms with E-state index in [0.717, 1.165) is 35.5 Å². The van der Waals surface area contributed by atoms with Crippen molar-refractivity contribution >= 4 is 5.91 Å². The second-order valence-corrected chi connectivity index (χ2v) is 9.18. The Hall–Kier alpha value is -3.35. The molecule has 35 heavy (non-hydrogen) atoms. The van der Waals surface area contributed by atoms with Crippen LogP contribution in [0.25, 0.3) is 0 Å². The van der Waals surface area contributed by atoms with Crippen LogP contribution in [-0.4, -0.2) is 44.7 Å². The van der Waals surface area contributed by atoms with Crippen LogP contribution in [0.4, 0.5) is 0 Å². The van der Waals surface area contributed by atoms with Gasteiger partial charge in [0.05, 0.1) is 39.0 Å². The number of nitrogens with zero attached hydrogens (tertiary/aromatic N) is 1. The van der Waals surface area contributed by atoms with Gasteiger partial charge in [0.1, 0.15) is 11.5 Å². The number of fused-ring (bicyclic) bond motifs is 2. The van der Waals surface area contributed by atoms with Crippen molar-refractivity contribution in [3.63, 3.8) is 0 Å². The van der Waals surface area contributed by atoms with E-state index < -0.39 is 0 Å². The van der Waals surface area contributed by atoms with Gasteiger partial charge in [-0.3, -0.25) is 10.1 Å². The summed E-state index contributed by atoms with van der Waals surface area (Å²) in [5, 5.41) is 3.50. The molecular formula is C29H32N2O4. The maximum absolute atomic E-state index is 13.2. The fourth-order valence-electron chi connectivity index (χ4n) is 5.24. The van der Waals surface area contributed by atoms with Crippen molar-refractivity contribution in [2.24, 2.45) is 0 Å². The number of hydrogen-bond acceptors (Lipinski definition) is 5. The van der Waals surface area contributed by atoms with Crippen molar-refractivity contribution < 1.29 is 19.0 Å². The van der Waals surface area contributed by atoms with Gasteiger partial charge >= 0.3 is 0 Å². The second kappa shape index (κ2) is 10.1. The molecule has 3 aromatic carbocycles. The van der Waals surface area contributed by atoms with Gasteiger partial charge in [-0.1, -0.05) is 48.5 Å². The zero-order valence-electron chi connectivity index (χ0n) is 20.3. The van der Waals surface area contributed by atoms with Gasteiger partial charge in [-0.2, -0.15) is 0 Å². The number of carbonyl (C=O) groups is 1. The van der Waals surface area contributed by atoms with E-state index in [0.29, 0.717) is 19.7 Å². The predicted octanol–water partition coefficient (Wildman–Crippen LogP) is 4.43. The number of rotatable bonds is 7. The van der Waals surface area contributed by atoms with Crippen LogP contribution in [0.15, 0.2) is 72.8 Å². The standard InChI is InChI=1S/C29H32N2O4/c1-33-24-11-7-21(8-12-24)28(22-9-13-25(34-2)14-10-22)30-19-27(32)31-17-15-29(16-18-31)26-6-4-3-5-23(26)20-35-29/h3-14,28,30H,15-20H2,1-2H3. The van der Waals surface area contributed by atoms with Crippen LogP contribution >= 0.6 is 0 Å². The monoisotopic (exact) mass is 472 g/mol. The molecule has 2 heterocycles. The number of amides is 1. The molecule has 6 nitrogen and oxygen atoms in total. The summed E-state index contributed by atoms with van der Waals surface area (Å²) in [6.45, 7) is 2.32. The van der Waals surface area contributed by atoms with E-state index in [4.69, 9.17) is 14.2 Å². The van der Waals surface area contributed by atoms with E-state index in [1.54, 1.807) is 14.2 Å². The largest absolute Gasteiger partial charge is 0.497 e. The lowest BCUT2D eigenvalue weighted by molar-refractivity contribution is -0.137. The van der Waals surface area contributed by atoms with E-state index in [1.165, 1.54) is 11.1 Å². The zero-order valence-corrected chi connectivity index (χ0v) is 20.3. The summed E-state index contributed by atoms with van der Waals surface area (Å²) in [4.78, 5) is 15.2. The van der Waals surface area contributed by atoms with Gasteiger partial charge in [0.2, 0.25) is 5.91 Å². The molecule has 2 aliphatic rings. The number of nitrogens with one attached hydrogen (secondary N) is 1. The molecule has 182 valence electrons. The van der Waals surface area contributed by atoms with E-state index in [1.807, 2.05) is 53.4 Å². The van der Waals surface area contributed by atoms with Gasteiger partial charge < -0.3 is 19.1 Å². The molecule has 0 aromatic heterocycles. The summed E-state index contributed by atoms with van der Waals surface area (Å²) in [5.41, 5.74) is 4.46. The Balaban J connectivity index is 1.26. The number of benzene rings is 3. The summed E-state index contributed by atoms with van der Waals surface area (Å²) in [6.07, 6.45) is 1.66. The molecule has 1 saturated heterocycles. The Morgan fingerprint density at radius 1 is 0.914 bits per heavy atom. The lowest BCUT2D eigenvalue weighted by Crippen LogP contribution is -2.48. The van der Waals surface area contributed by atoms with Crippen LogP contribution < -0.4 is 14.8 Å². The molecule has 6 heteroatoms. The van der Waals surface area contributed by atoms with E-state index in [9.17, 15) is 4.79 Å². The number of methoxy groups -OCH3 is 2. The first kappa shape index (κ1) is 23.4. The van der Waals surface area contributed by atoms with Gasteiger partial charge in [0.15, 0.2) is 0 Å². The highest BCUT2D eigenvalue weighted by Crippen LogP contribution is 2.44. The number of hydrogen-bond donors (Lipinski definition) is 1. The molecule has 1 fully saturated rings. The third-order valence-corrected chi connectivity index (χ3v) is 7.29. The quantitative estimate of drug-likeness (QED) is 0.551.